The summed E-state index contributed by atoms with van der Waals surface area (Å²) in [5.41, 5.74) is 3.18. The molecule has 0 aliphatic heterocycles. The lowest BCUT2D eigenvalue weighted by molar-refractivity contribution is -0.676. The standard InChI is InChI=1S/C23H33NO5/c1-23(2)17-7-6-16(20(23)10-17)13-29-14-18(25)12-24-11-15-5-8-21(27-3)19(9-15)22(26)28-4/h5-6,8-9,17-18,20,24-25H,7,10-14H2,1-4H3/p+1/t17-,18+,20-/m0/s1. The second-order valence-corrected chi connectivity index (χ2v) is 8.74. The molecule has 0 unspecified atom stereocenters. The van der Waals surface area contributed by atoms with Gasteiger partial charge in [0.25, 0.3) is 0 Å². The van der Waals surface area contributed by atoms with Gasteiger partial charge in [-0.25, -0.2) is 4.79 Å². The van der Waals surface area contributed by atoms with Crippen LogP contribution >= 0.6 is 0 Å². The van der Waals surface area contributed by atoms with Gasteiger partial charge in [0, 0.05) is 5.56 Å². The zero-order chi connectivity index (χ0) is 21.0. The second kappa shape index (κ2) is 9.28. The molecule has 1 saturated carbocycles. The van der Waals surface area contributed by atoms with Gasteiger partial charge >= 0.3 is 5.97 Å². The largest absolute Gasteiger partial charge is 0.496 e. The summed E-state index contributed by atoms with van der Waals surface area (Å²) >= 11 is 0. The summed E-state index contributed by atoms with van der Waals surface area (Å²) in [5, 5.41) is 12.2. The van der Waals surface area contributed by atoms with Crippen LogP contribution in [0.1, 0.15) is 42.6 Å². The molecule has 3 atom stereocenters. The number of ether oxygens (including phenoxy) is 3. The average molecular weight is 405 g/mol. The highest BCUT2D eigenvalue weighted by atomic mass is 16.5. The van der Waals surface area contributed by atoms with Crippen molar-refractivity contribution >= 4 is 5.97 Å². The summed E-state index contributed by atoms with van der Waals surface area (Å²) in [5.74, 6) is 1.54. The highest BCUT2D eigenvalue weighted by Crippen LogP contribution is 2.59. The molecule has 6 heteroatoms. The van der Waals surface area contributed by atoms with Crippen molar-refractivity contribution in [2.24, 2.45) is 17.3 Å². The minimum atomic E-state index is -0.528. The summed E-state index contributed by atoms with van der Waals surface area (Å²) in [7, 11) is 2.88. The maximum Gasteiger partial charge on any atom is 0.341 e. The Labute approximate surface area is 173 Å². The number of hydrogen-bond donors (Lipinski definition) is 2. The first-order valence-electron chi connectivity index (χ1n) is 10.4. The molecule has 0 saturated heterocycles. The Balaban J connectivity index is 1.40. The van der Waals surface area contributed by atoms with Gasteiger partial charge in [-0.2, -0.15) is 0 Å². The third kappa shape index (κ3) is 4.82. The van der Waals surface area contributed by atoms with Gasteiger partial charge < -0.3 is 24.6 Å². The molecule has 1 aromatic rings. The number of rotatable bonds is 10. The molecule has 29 heavy (non-hydrogen) atoms. The van der Waals surface area contributed by atoms with E-state index in [1.807, 2.05) is 11.4 Å². The highest BCUT2D eigenvalue weighted by Gasteiger charge is 2.50. The number of quaternary nitrogens is 1. The molecule has 6 nitrogen and oxygen atoms in total. The first kappa shape index (κ1) is 21.8. The van der Waals surface area contributed by atoms with Crippen LogP contribution in [-0.2, 0) is 16.0 Å². The zero-order valence-electron chi connectivity index (χ0n) is 17.9. The molecule has 0 amide bonds. The van der Waals surface area contributed by atoms with E-state index in [1.54, 1.807) is 12.1 Å². The normalized spacial score (nSPS) is 23.0. The molecule has 0 aromatic heterocycles. The van der Waals surface area contributed by atoms with Crippen LogP contribution in [0.5, 0.6) is 5.75 Å². The molecule has 4 rings (SSSR count). The van der Waals surface area contributed by atoms with Crippen molar-refractivity contribution in [3.05, 3.63) is 41.0 Å². The number of hydrogen-bond acceptors (Lipinski definition) is 5. The van der Waals surface area contributed by atoms with Gasteiger partial charge in [0.05, 0.1) is 27.4 Å². The predicted molar refractivity (Wildman–Crippen MR) is 110 cm³/mol. The molecule has 2 bridgehead atoms. The van der Waals surface area contributed by atoms with Gasteiger partial charge in [0.2, 0.25) is 0 Å². The number of methoxy groups -OCH3 is 2. The van der Waals surface area contributed by atoms with Crippen LogP contribution in [0.4, 0.5) is 0 Å². The van der Waals surface area contributed by atoms with Crippen molar-refractivity contribution in [3.8, 4) is 5.75 Å². The summed E-state index contributed by atoms with van der Waals surface area (Å²) in [6.07, 6.45) is 4.26. The Bertz CT molecular complexity index is 758. The Kier molecular flexibility index (Phi) is 6.98. The van der Waals surface area contributed by atoms with E-state index in [4.69, 9.17) is 14.2 Å². The third-order valence-corrected chi connectivity index (χ3v) is 6.65. The summed E-state index contributed by atoms with van der Waals surface area (Å²) < 4.78 is 15.8. The topological polar surface area (TPSA) is 81.6 Å². The fourth-order valence-corrected chi connectivity index (χ4v) is 4.62. The van der Waals surface area contributed by atoms with E-state index in [0.717, 1.165) is 17.9 Å². The number of aliphatic hydroxyl groups excluding tert-OH is 1. The predicted octanol–water partition coefficient (Wildman–Crippen LogP) is 1.92. The summed E-state index contributed by atoms with van der Waals surface area (Å²) in [6, 6.07) is 5.44. The fourth-order valence-electron chi connectivity index (χ4n) is 4.62. The minimum absolute atomic E-state index is 0.334. The molecule has 1 aromatic carbocycles. The van der Waals surface area contributed by atoms with E-state index in [9.17, 15) is 9.90 Å². The number of allylic oxidation sites excluding steroid dienone is 1. The van der Waals surface area contributed by atoms with Crippen molar-refractivity contribution in [2.45, 2.75) is 39.3 Å². The van der Waals surface area contributed by atoms with Crippen molar-refractivity contribution < 1.29 is 29.4 Å². The maximum atomic E-state index is 11.9. The van der Waals surface area contributed by atoms with Gasteiger partial charge in [-0.1, -0.05) is 19.9 Å². The molecular formula is C23H34NO5+. The zero-order valence-corrected chi connectivity index (χ0v) is 17.9. The van der Waals surface area contributed by atoms with E-state index in [-0.39, 0.29) is 0 Å². The van der Waals surface area contributed by atoms with E-state index in [2.05, 4.69) is 19.9 Å². The molecule has 0 heterocycles. The number of fused-ring (bicyclic) bond motifs is 1. The Morgan fingerprint density at radius 2 is 2.14 bits per heavy atom. The fraction of sp³-hybridized carbons (Fsp3) is 0.609. The van der Waals surface area contributed by atoms with Crippen molar-refractivity contribution in [3.63, 3.8) is 0 Å². The van der Waals surface area contributed by atoms with Crippen molar-refractivity contribution in [1.29, 1.82) is 0 Å². The highest BCUT2D eigenvalue weighted by molar-refractivity contribution is 5.92. The number of esters is 1. The quantitative estimate of drug-likeness (QED) is 0.460. The molecule has 160 valence electrons. The van der Waals surface area contributed by atoms with Crippen molar-refractivity contribution in [1.82, 2.24) is 0 Å². The molecule has 0 radical (unpaired) electrons. The van der Waals surface area contributed by atoms with Crippen LogP contribution in [0.25, 0.3) is 0 Å². The van der Waals surface area contributed by atoms with E-state index < -0.39 is 12.1 Å². The first-order valence-corrected chi connectivity index (χ1v) is 10.4. The molecule has 3 N–H and O–H groups in total. The SMILES string of the molecule is COC(=O)c1cc(C[NH2+]C[C@@H](O)COCC2=CC[C@H]3C[C@@H]2C3(C)C)ccc1OC. The third-order valence-electron chi connectivity index (χ3n) is 6.65. The molecule has 3 aliphatic rings. The maximum absolute atomic E-state index is 11.9. The average Bonchev–Trinajstić information content (AvgIpc) is 2.73. The van der Waals surface area contributed by atoms with Gasteiger partial charge in [0.15, 0.2) is 0 Å². The van der Waals surface area contributed by atoms with Crippen molar-refractivity contribution in [2.75, 3.05) is 34.0 Å². The summed E-state index contributed by atoms with van der Waals surface area (Å²) in [6.45, 7) is 6.85. The lowest BCUT2D eigenvalue weighted by Gasteiger charge is -2.56. The lowest BCUT2D eigenvalue weighted by Crippen LogP contribution is -2.85. The smallest absolute Gasteiger partial charge is 0.341 e. The van der Waals surface area contributed by atoms with Crippen LogP contribution in [0, 0.1) is 17.3 Å². The summed E-state index contributed by atoms with van der Waals surface area (Å²) in [4.78, 5) is 11.9. The monoisotopic (exact) mass is 404 g/mol. The van der Waals surface area contributed by atoms with Crippen LogP contribution in [0.2, 0.25) is 0 Å². The van der Waals surface area contributed by atoms with Crippen LogP contribution in [0.15, 0.2) is 29.8 Å². The number of benzene rings is 1. The minimum Gasteiger partial charge on any atom is -0.496 e. The Morgan fingerprint density at radius 3 is 2.79 bits per heavy atom. The number of carbonyl (C=O) groups is 1. The molecule has 3 aliphatic carbocycles. The van der Waals surface area contributed by atoms with E-state index in [1.165, 1.54) is 26.2 Å². The van der Waals surface area contributed by atoms with Gasteiger partial charge in [0.1, 0.15) is 30.5 Å². The van der Waals surface area contributed by atoms with Gasteiger partial charge in [-0.15, -0.1) is 0 Å². The molecule has 1 fully saturated rings. The van der Waals surface area contributed by atoms with E-state index in [0.29, 0.717) is 48.9 Å². The Morgan fingerprint density at radius 1 is 1.34 bits per heavy atom. The second-order valence-electron chi connectivity index (χ2n) is 8.74. The first-order chi connectivity index (χ1) is 13.9. The van der Waals surface area contributed by atoms with Crippen LogP contribution in [0.3, 0.4) is 0 Å². The Hall–Kier alpha value is -1.89. The molecular weight excluding hydrogens is 370 g/mol. The van der Waals surface area contributed by atoms with Crippen LogP contribution < -0.4 is 10.1 Å². The number of carbonyl (C=O) groups excluding carboxylic acids is 1. The van der Waals surface area contributed by atoms with Gasteiger partial charge in [-0.05, 0) is 53.9 Å². The lowest BCUT2D eigenvalue weighted by atomic mass is 9.49. The van der Waals surface area contributed by atoms with Gasteiger partial charge in [-0.3, -0.25) is 0 Å². The number of nitrogens with two attached hydrogens (primary N) is 1. The van der Waals surface area contributed by atoms with Crippen LogP contribution in [-0.4, -0.2) is 51.2 Å². The number of aliphatic hydroxyl groups is 1. The van der Waals surface area contributed by atoms with E-state index >= 15 is 0 Å². The molecule has 0 spiro atoms.